The van der Waals surface area contributed by atoms with Gasteiger partial charge in [0.05, 0.1) is 4.90 Å². The van der Waals surface area contributed by atoms with Crippen LogP contribution in [0, 0.1) is 0 Å². The Morgan fingerprint density at radius 3 is 2.52 bits per heavy atom. The van der Waals surface area contributed by atoms with E-state index in [1.807, 2.05) is 6.07 Å². The molecule has 0 unspecified atom stereocenters. The number of hydrogen-bond donors (Lipinski definition) is 2. The van der Waals surface area contributed by atoms with E-state index in [9.17, 15) is 26.7 Å². The van der Waals surface area contributed by atoms with Crippen molar-refractivity contribution in [3.8, 4) is 0 Å². The van der Waals surface area contributed by atoms with Gasteiger partial charge in [0, 0.05) is 11.1 Å². The number of fused-ring (bicyclic) bond motifs is 1. The normalized spacial score (nSPS) is 18.3. The molecule has 0 saturated heterocycles. The molecule has 0 aromatic heterocycles. The predicted octanol–water partition coefficient (Wildman–Crippen LogP) is 4.03. The van der Waals surface area contributed by atoms with Gasteiger partial charge in [-0.3, -0.25) is 0 Å². The molecule has 29 heavy (non-hydrogen) atoms. The third kappa shape index (κ3) is 5.51. The van der Waals surface area contributed by atoms with Gasteiger partial charge in [-0.05, 0) is 73.1 Å². The minimum atomic E-state index is -4.63. The summed E-state index contributed by atoms with van der Waals surface area (Å²) in [6.07, 6.45) is -5.70. The Kier molecular flexibility index (Phi) is 6.57. The fourth-order valence-corrected chi connectivity index (χ4v) is 4.97. The number of aryl methyl sites for hydroxylation is 1. The Morgan fingerprint density at radius 1 is 1.17 bits per heavy atom. The highest BCUT2D eigenvalue weighted by Crippen LogP contribution is 2.29. The van der Waals surface area contributed by atoms with Crippen molar-refractivity contribution in [3.63, 3.8) is 0 Å². The Balaban J connectivity index is 1.69. The fourth-order valence-electron chi connectivity index (χ4n) is 3.58. The second kappa shape index (κ2) is 8.63. The average Bonchev–Trinajstić information content (AvgIpc) is 2.65. The van der Waals surface area contributed by atoms with Crippen molar-refractivity contribution in [1.82, 2.24) is 4.72 Å². The summed E-state index contributed by atoms with van der Waals surface area (Å²) in [5.74, 6) is 0. The molecule has 0 saturated carbocycles. The molecule has 9 heteroatoms. The summed E-state index contributed by atoms with van der Waals surface area (Å²) in [6, 6.07) is 11.0. The van der Waals surface area contributed by atoms with Crippen molar-refractivity contribution in [2.24, 2.45) is 0 Å². The monoisotopic (exact) mass is 447 g/mol. The van der Waals surface area contributed by atoms with Gasteiger partial charge in [-0.1, -0.05) is 29.8 Å². The van der Waals surface area contributed by atoms with Crippen LogP contribution in [0.3, 0.4) is 0 Å². The molecule has 1 aliphatic carbocycles. The van der Waals surface area contributed by atoms with E-state index in [-0.39, 0.29) is 17.4 Å². The number of aliphatic hydroxyl groups excluding tert-OH is 1. The smallest absolute Gasteiger partial charge is 0.384 e. The third-order valence-corrected chi connectivity index (χ3v) is 6.88. The van der Waals surface area contributed by atoms with Crippen LogP contribution in [0.15, 0.2) is 47.4 Å². The lowest BCUT2D eigenvalue weighted by atomic mass is 9.84. The van der Waals surface area contributed by atoms with E-state index in [1.165, 1.54) is 24.3 Å². The van der Waals surface area contributed by atoms with Crippen molar-refractivity contribution in [2.75, 3.05) is 0 Å². The number of rotatable bonds is 6. The van der Waals surface area contributed by atoms with E-state index >= 15 is 0 Å². The van der Waals surface area contributed by atoms with Crippen LogP contribution in [-0.4, -0.2) is 31.8 Å². The number of alkyl halides is 3. The molecule has 2 atom stereocenters. The summed E-state index contributed by atoms with van der Waals surface area (Å²) in [5.41, 5.74) is 2.63. The average molecular weight is 448 g/mol. The molecule has 2 N–H and O–H groups in total. The van der Waals surface area contributed by atoms with Crippen molar-refractivity contribution in [1.29, 1.82) is 0 Å². The van der Waals surface area contributed by atoms with Gasteiger partial charge in [0.2, 0.25) is 10.0 Å². The van der Waals surface area contributed by atoms with Gasteiger partial charge >= 0.3 is 6.18 Å². The van der Waals surface area contributed by atoms with Gasteiger partial charge < -0.3 is 5.11 Å². The van der Waals surface area contributed by atoms with Gasteiger partial charge in [0.25, 0.3) is 0 Å². The Bertz CT molecular complexity index is 962. The van der Waals surface area contributed by atoms with Crippen LogP contribution < -0.4 is 4.72 Å². The summed E-state index contributed by atoms with van der Waals surface area (Å²) < 4.78 is 65.5. The van der Waals surface area contributed by atoms with Crippen LogP contribution in [0.1, 0.15) is 29.5 Å². The highest BCUT2D eigenvalue weighted by Gasteiger charge is 2.37. The molecule has 3 rings (SSSR count). The maximum Gasteiger partial charge on any atom is 0.414 e. The van der Waals surface area contributed by atoms with Crippen LogP contribution in [0.4, 0.5) is 13.2 Å². The molecule has 158 valence electrons. The van der Waals surface area contributed by atoms with E-state index in [0.717, 1.165) is 16.7 Å². The quantitative estimate of drug-likeness (QED) is 0.702. The van der Waals surface area contributed by atoms with Crippen LogP contribution in [0.5, 0.6) is 0 Å². The zero-order valence-electron chi connectivity index (χ0n) is 15.4. The van der Waals surface area contributed by atoms with Gasteiger partial charge in [-0.15, -0.1) is 0 Å². The molecule has 0 aliphatic heterocycles. The SMILES string of the molecule is O=S(=O)(N[C@H]1CCc2c(CC[C@@H](O)C(F)(F)F)cccc2C1)c1ccc(Cl)cc1. The third-order valence-electron chi connectivity index (χ3n) is 5.09. The van der Waals surface area contributed by atoms with E-state index in [2.05, 4.69) is 4.72 Å². The molecular formula is C20H21ClF3NO3S. The number of benzene rings is 2. The van der Waals surface area contributed by atoms with Crippen molar-refractivity contribution >= 4 is 21.6 Å². The maximum absolute atomic E-state index is 12.6. The first-order valence-corrected chi connectivity index (χ1v) is 11.0. The van der Waals surface area contributed by atoms with Crippen LogP contribution in [-0.2, 0) is 29.3 Å². The number of hydrogen-bond acceptors (Lipinski definition) is 3. The molecule has 4 nitrogen and oxygen atoms in total. The first-order chi connectivity index (χ1) is 13.6. The molecule has 0 amide bonds. The minimum absolute atomic E-state index is 0.116. The van der Waals surface area contributed by atoms with Crippen LogP contribution in [0.25, 0.3) is 0 Å². The van der Waals surface area contributed by atoms with E-state index < -0.39 is 28.7 Å². The van der Waals surface area contributed by atoms with E-state index in [0.29, 0.717) is 24.3 Å². The first-order valence-electron chi connectivity index (χ1n) is 9.18. The van der Waals surface area contributed by atoms with Gasteiger partial charge in [-0.2, -0.15) is 13.2 Å². The molecule has 0 heterocycles. The number of sulfonamides is 1. The lowest BCUT2D eigenvalue weighted by Gasteiger charge is -2.27. The molecule has 2 aromatic rings. The lowest BCUT2D eigenvalue weighted by molar-refractivity contribution is -0.205. The second-order valence-corrected chi connectivity index (χ2v) is 9.32. The van der Waals surface area contributed by atoms with E-state index in [1.54, 1.807) is 12.1 Å². The lowest BCUT2D eigenvalue weighted by Crippen LogP contribution is -2.39. The summed E-state index contributed by atoms with van der Waals surface area (Å²) in [4.78, 5) is 0.127. The summed E-state index contributed by atoms with van der Waals surface area (Å²) in [7, 11) is -3.69. The largest absolute Gasteiger partial charge is 0.414 e. The van der Waals surface area contributed by atoms with E-state index in [4.69, 9.17) is 11.6 Å². The zero-order valence-corrected chi connectivity index (χ0v) is 17.0. The highest BCUT2D eigenvalue weighted by molar-refractivity contribution is 7.89. The Labute approximate surface area is 172 Å². The number of halogens is 4. The van der Waals surface area contributed by atoms with Gasteiger partial charge in [0.1, 0.15) is 6.10 Å². The van der Waals surface area contributed by atoms with Crippen LogP contribution in [0.2, 0.25) is 5.02 Å². The minimum Gasteiger partial charge on any atom is -0.384 e. The molecule has 2 aromatic carbocycles. The van der Waals surface area contributed by atoms with Crippen molar-refractivity contribution < 1.29 is 26.7 Å². The molecule has 0 spiro atoms. The Hall–Kier alpha value is -1.61. The number of aliphatic hydroxyl groups is 1. The molecular weight excluding hydrogens is 427 g/mol. The predicted molar refractivity (Wildman–Crippen MR) is 104 cm³/mol. The Morgan fingerprint density at radius 2 is 1.86 bits per heavy atom. The standard InChI is InChI=1S/C20H21ClF3NO3S/c21-15-5-8-17(9-6-15)29(27,28)25-16-7-10-18-13(2-1-3-14(18)12-16)4-11-19(26)20(22,23)24/h1-3,5-6,8-9,16,19,25-26H,4,7,10-12H2/t16-,19+/m0/s1. The molecule has 0 bridgehead atoms. The zero-order chi connectivity index (χ0) is 21.2. The molecule has 0 radical (unpaired) electrons. The highest BCUT2D eigenvalue weighted by atomic mass is 35.5. The van der Waals surface area contributed by atoms with Gasteiger partial charge in [-0.25, -0.2) is 13.1 Å². The summed E-state index contributed by atoms with van der Waals surface area (Å²) >= 11 is 5.80. The second-order valence-electron chi connectivity index (χ2n) is 7.17. The molecule has 0 fully saturated rings. The topological polar surface area (TPSA) is 66.4 Å². The van der Waals surface area contributed by atoms with Gasteiger partial charge in [0.15, 0.2) is 0 Å². The van der Waals surface area contributed by atoms with Crippen LogP contribution >= 0.6 is 11.6 Å². The fraction of sp³-hybridized carbons (Fsp3) is 0.400. The number of nitrogens with one attached hydrogen (secondary N) is 1. The molecule has 1 aliphatic rings. The van der Waals surface area contributed by atoms with Crippen molar-refractivity contribution in [2.45, 2.75) is 55.3 Å². The summed E-state index contributed by atoms with van der Waals surface area (Å²) in [5, 5.41) is 9.68. The summed E-state index contributed by atoms with van der Waals surface area (Å²) in [6.45, 7) is 0. The van der Waals surface area contributed by atoms with Crippen molar-refractivity contribution in [3.05, 3.63) is 64.2 Å². The maximum atomic E-state index is 12.6. The first kappa shape index (κ1) is 22.1.